The minimum Gasteiger partial charge on any atom is -0.347 e. The summed E-state index contributed by atoms with van der Waals surface area (Å²) in [7, 11) is 1.70. The minimum absolute atomic E-state index is 0.0591. The Morgan fingerprint density at radius 2 is 1.80 bits per heavy atom. The highest BCUT2D eigenvalue weighted by Gasteiger charge is 2.17. The maximum Gasteiger partial charge on any atom is 0.239 e. The number of aromatic nitrogens is 1. The molecule has 3 N–H and O–H groups in total. The van der Waals surface area contributed by atoms with Gasteiger partial charge in [-0.05, 0) is 31.7 Å². The number of hydrogen-bond acceptors (Lipinski definition) is 4. The molecule has 1 aromatic heterocycles. The van der Waals surface area contributed by atoms with E-state index in [0.29, 0.717) is 6.42 Å². The molecule has 0 fully saturated rings. The van der Waals surface area contributed by atoms with Crippen molar-refractivity contribution in [2.75, 3.05) is 13.6 Å². The monoisotopic (exact) mass is 340 g/mol. The minimum atomic E-state index is -0.341. The van der Waals surface area contributed by atoms with Crippen LogP contribution in [-0.4, -0.2) is 36.4 Å². The van der Waals surface area contributed by atoms with Gasteiger partial charge in [-0.15, -0.1) is 0 Å². The molecular weight excluding hydrogens is 316 g/mol. The molecule has 6 nitrogen and oxygen atoms in total. The number of benzene rings is 1. The van der Waals surface area contributed by atoms with Crippen LogP contribution in [0.2, 0.25) is 0 Å². The zero-order valence-electron chi connectivity index (χ0n) is 14.5. The van der Waals surface area contributed by atoms with Crippen LogP contribution in [0.15, 0.2) is 54.7 Å². The van der Waals surface area contributed by atoms with Crippen LogP contribution in [0.4, 0.5) is 0 Å². The first-order valence-corrected chi connectivity index (χ1v) is 8.29. The number of likely N-dealkylation sites (N-methyl/N-ethyl adjacent to an activating group) is 1. The van der Waals surface area contributed by atoms with Gasteiger partial charge in [0.2, 0.25) is 11.8 Å². The Bertz CT molecular complexity index is 676. The summed E-state index contributed by atoms with van der Waals surface area (Å²) in [5, 5.41) is 8.44. The summed E-state index contributed by atoms with van der Waals surface area (Å²) in [6.45, 7) is 1.68. The van der Waals surface area contributed by atoms with Crippen LogP contribution in [0.1, 0.15) is 24.2 Å². The second kappa shape index (κ2) is 9.54. The van der Waals surface area contributed by atoms with E-state index in [9.17, 15) is 9.59 Å². The Morgan fingerprint density at radius 1 is 1.08 bits per heavy atom. The number of nitrogens with one attached hydrogen (secondary N) is 3. The fourth-order valence-corrected chi connectivity index (χ4v) is 2.36. The second-order valence-corrected chi connectivity index (χ2v) is 5.78. The SMILES string of the molecule is CNC(C)C(=O)NCC(=O)NC(Cc1ccccn1)c1ccccc1. The van der Waals surface area contributed by atoms with Crippen molar-refractivity contribution < 1.29 is 9.59 Å². The van der Waals surface area contributed by atoms with Gasteiger partial charge >= 0.3 is 0 Å². The molecule has 0 saturated heterocycles. The number of nitrogens with zero attached hydrogens (tertiary/aromatic N) is 1. The van der Waals surface area contributed by atoms with Crippen LogP contribution >= 0.6 is 0 Å². The second-order valence-electron chi connectivity index (χ2n) is 5.78. The predicted molar refractivity (Wildman–Crippen MR) is 96.8 cm³/mol. The van der Waals surface area contributed by atoms with Crippen molar-refractivity contribution in [2.45, 2.75) is 25.4 Å². The van der Waals surface area contributed by atoms with Crippen molar-refractivity contribution in [3.63, 3.8) is 0 Å². The van der Waals surface area contributed by atoms with Crippen LogP contribution < -0.4 is 16.0 Å². The van der Waals surface area contributed by atoms with Crippen LogP contribution in [0, 0.1) is 0 Å². The fraction of sp³-hybridized carbons (Fsp3) is 0.316. The maximum absolute atomic E-state index is 12.3. The molecule has 0 spiro atoms. The third kappa shape index (κ3) is 6.00. The van der Waals surface area contributed by atoms with Crippen molar-refractivity contribution in [1.29, 1.82) is 0 Å². The Kier molecular flexibility index (Phi) is 7.10. The fourth-order valence-electron chi connectivity index (χ4n) is 2.36. The highest BCUT2D eigenvalue weighted by atomic mass is 16.2. The molecule has 6 heteroatoms. The van der Waals surface area contributed by atoms with Gasteiger partial charge in [0.1, 0.15) is 0 Å². The van der Waals surface area contributed by atoms with Gasteiger partial charge < -0.3 is 16.0 Å². The quantitative estimate of drug-likeness (QED) is 0.674. The predicted octanol–water partition coefficient (Wildman–Crippen LogP) is 1.21. The molecule has 1 aromatic carbocycles. The summed E-state index contributed by atoms with van der Waals surface area (Å²) in [6, 6.07) is 14.9. The van der Waals surface area contributed by atoms with Crippen molar-refractivity contribution in [2.24, 2.45) is 0 Å². The molecule has 0 bridgehead atoms. The van der Waals surface area contributed by atoms with E-state index in [4.69, 9.17) is 0 Å². The maximum atomic E-state index is 12.3. The van der Waals surface area contributed by atoms with Crippen LogP contribution in [0.3, 0.4) is 0 Å². The average Bonchev–Trinajstić information content (AvgIpc) is 2.66. The molecule has 132 valence electrons. The zero-order chi connectivity index (χ0) is 18.1. The van der Waals surface area contributed by atoms with E-state index in [2.05, 4.69) is 20.9 Å². The number of carbonyl (C=O) groups excluding carboxylic acids is 2. The first kappa shape index (κ1) is 18.6. The van der Waals surface area contributed by atoms with Crippen LogP contribution in [-0.2, 0) is 16.0 Å². The summed E-state index contributed by atoms with van der Waals surface area (Å²) in [5.41, 5.74) is 1.89. The summed E-state index contributed by atoms with van der Waals surface area (Å²) < 4.78 is 0. The van der Waals surface area contributed by atoms with E-state index in [1.807, 2.05) is 48.5 Å². The Labute approximate surface area is 148 Å². The molecule has 0 saturated carbocycles. The zero-order valence-corrected chi connectivity index (χ0v) is 14.5. The molecule has 0 aliphatic heterocycles. The normalized spacial score (nSPS) is 12.9. The lowest BCUT2D eigenvalue weighted by Crippen LogP contribution is -2.45. The standard InChI is InChI=1S/C19H24N4O2/c1-14(20-2)19(25)22-13-18(24)23-17(15-8-4-3-5-9-15)12-16-10-6-7-11-21-16/h3-11,14,17,20H,12-13H2,1-2H3,(H,22,25)(H,23,24). The molecule has 2 rings (SSSR count). The van der Waals surface area contributed by atoms with E-state index in [1.54, 1.807) is 20.2 Å². The molecule has 2 aromatic rings. The van der Waals surface area contributed by atoms with Crippen molar-refractivity contribution in [3.05, 3.63) is 66.0 Å². The number of carbonyl (C=O) groups is 2. The highest BCUT2D eigenvalue weighted by Crippen LogP contribution is 2.17. The van der Waals surface area contributed by atoms with Crippen molar-refractivity contribution in [1.82, 2.24) is 20.9 Å². The van der Waals surface area contributed by atoms with Crippen LogP contribution in [0.25, 0.3) is 0 Å². The Balaban J connectivity index is 2.01. The summed E-state index contributed by atoms with van der Waals surface area (Å²) in [4.78, 5) is 28.4. The molecule has 0 radical (unpaired) electrons. The number of rotatable bonds is 8. The molecule has 0 aliphatic carbocycles. The summed E-state index contributed by atoms with van der Waals surface area (Å²) in [6.07, 6.45) is 2.32. The van der Waals surface area contributed by atoms with E-state index in [1.165, 1.54) is 0 Å². The van der Waals surface area contributed by atoms with Gasteiger partial charge in [0.25, 0.3) is 0 Å². The molecular formula is C19H24N4O2. The average molecular weight is 340 g/mol. The van der Waals surface area contributed by atoms with Gasteiger partial charge in [-0.2, -0.15) is 0 Å². The van der Waals surface area contributed by atoms with E-state index >= 15 is 0 Å². The molecule has 2 amide bonds. The molecule has 25 heavy (non-hydrogen) atoms. The number of pyridine rings is 1. The topological polar surface area (TPSA) is 83.1 Å². The number of hydrogen-bond donors (Lipinski definition) is 3. The lowest BCUT2D eigenvalue weighted by molar-refractivity contribution is -0.127. The lowest BCUT2D eigenvalue weighted by Gasteiger charge is -2.19. The molecule has 2 atom stereocenters. The third-order valence-corrected chi connectivity index (χ3v) is 3.93. The van der Waals surface area contributed by atoms with Gasteiger partial charge in [0.05, 0.1) is 18.6 Å². The van der Waals surface area contributed by atoms with Crippen molar-refractivity contribution in [3.8, 4) is 0 Å². The first-order chi connectivity index (χ1) is 12.1. The first-order valence-electron chi connectivity index (χ1n) is 8.29. The summed E-state index contributed by atoms with van der Waals surface area (Å²) in [5.74, 6) is -0.444. The van der Waals surface area contributed by atoms with E-state index < -0.39 is 0 Å². The summed E-state index contributed by atoms with van der Waals surface area (Å²) >= 11 is 0. The van der Waals surface area contributed by atoms with E-state index in [-0.39, 0.29) is 30.4 Å². The smallest absolute Gasteiger partial charge is 0.239 e. The molecule has 2 unspecified atom stereocenters. The largest absolute Gasteiger partial charge is 0.347 e. The number of amides is 2. The van der Waals surface area contributed by atoms with E-state index in [0.717, 1.165) is 11.3 Å². The molecule has 0 aliphatic rings. The lowest BCUT2D eigenvalue weighted by atomic mass is 10.0. The highest BCUT2D eigenvalue weighted by molar-refractivity contribution is 5.87. The Morgan fingerprint density at radius 3 is 2.44 bits per heavy atom. The van der Waals surface area contributed by atoms with Gasteiger partial charge in [0, 0.05) is 18.3 Å². The van der Waals surface area contributed by atoms with Gasteiger partial charge in [-0.25, -0.2) is 0 Å². The Hall–Kier alpha value is -2.73. The third-order valence-electron chi connectivity index (χ3n) is 3.93. The van der Waals surface area contributed by atoms with Crippen molar-refractivity contribution >= 4 is 11.8 Å². The van der Waals surface area contributed by atoms with Gasteiger partial charge in [-0.3, -0.25) is 14.6 Å². The van der Waals surface area contributed by atoms with Gasteiger partial charge in [0.15, 0.2) is 0 Å². The van der Waals surface area contributed by atoms with Gasteiger partial charge in [-0.1, -0.05) is 36.4 Å². The molecule has 1 heterocycles. The van der Waals surface area contributed by atoms with Crippen LogP contribution in [0.5, 0.6) is 0 Å².